The number of hydrogen-bond acceptors (Lipinski definition) is 3. The standard InChI is InChI=1S/C16H24N4/c1-4-15(5-2)20-9-8-14(19-20)10-16(17)13-7-6-12(3)18-11-13/h6-9,11,15-16H,4-5,10,17H2,1-3H3. The Balaban J connectivity index is 2.04. The summed E-state index contributed by atoms with van der Waals surface area (Å²) in [7, 11) is 0. The van der Waals surface area contributed by atoms with Gasteiger partial charge in [-0.2, -0.15) is 5.10 Å². The van der Waals surface area contributed by atoms with Crippen LogP contribution in [0.2, 0.25) is 0 Å². The van der Waals surface area contributed by atoms with Gasteiger partial charge in [-0.3, -0.25) is 9.67 Å². The lowest BCUT2D eigenvalue weighted by molar-refractivity contribution is 0.424. The third-order valence-electron chi connectivity index (χ3n) is 3.77. The zero-order chi connectivity index (χ0) is 14.5. The predicted octanol–water partition coefficient (Wildman–Crippen LogP) is 3.19. The molecule has 0 spiro atoms. The second-order valence-electron chi connectivity index (χ2n) is 5.30. The highest BCUT2D eigenvalue weighted by Crippen LogP contribution is 2.18. The average molecular weight is 272 g/mol. The molecule has 1 atom stereocenters. The monoisotopic (exact) mass is 272 g/mol. The van der Waals surface area contributed by atoms with Gasteiger partial charge in [-0.15, -0.1) is 0 Å². The Morgan fingerprint density at radius 1 is 1.20 bits per heavy atom. The summed E-state index contributed by atoms with van der Waals surface area (Å²) in [6, 6.07) is 6.55. The molecule has 0 saturated carbocycles. The molecule has 20 heavy (non-hydrogen) atoms. The van der Waals surface area contributed by atoms with E-state index < -0.39 is 0 Å². The number of hydrogen-bond donors (Lipinski definition) is 1. The van der Waals surface area contributed by atoms with E-state index in [1.165, 1.54) is 0 Å². The minimum absolute atomic E-state index is 0.0480. The largest absolute Gasteiger partial charge is 0.324 e. The molecular weight excluding hydrogens is 248 g/mol. The summed E-state index contributed by atoms with van der Waals surface area (Å²) in [4.78, 5) is 4.30. The first-order chi connectivity index (χ1) is 9.63. The van der Waals surface area contributed by atoms with Crippen LogP contribution in [-0.4, -0.2) is 14.8 Å². The summed E-state index contributed by atoms with van der Waals surface area (Å²) in [6.45, 7) is 6.37. The Kier molecular flexibility index (Phi) is 4.90. The van der Waals surface area contributed by atoms with E-state index in [-0.39, 0.29) is 6.04 Å². The molecule has 0 saturated heterocycles. The molecule has 2 aromatic heterocycles. The van der Waals surface area contributed by atoms with Crippen molar-refractivity contribution in [3.05, 3.63) is 47.5 Å². The summed E-state index contributed by atoms with van der Waals surface area (Å²) in [5.74, 6) is 0. The lowest BCUT2D eigenvalue weighted by Crippen LogP contribution is -2.15. The number of nitrogens with zero attached hydrogens (tertiary/aromatic N) is 3. The van der Waals surface area contributed by atoms with Crippen LogP contribution in [0.3, 0.4) is 0 Å². The van der Waals surface area contributed by atoms with Crippen molar-refractivity contribution in [1.82, 2.24) is 14.8 Å². The summed E-state index contributed by atoms with van der Waals surface area (Å²) in [5, 5.41) is 4.65. The molecule has 0 aliphatic heterocycles. The van der Waals surface area contributed by atoms with Crippen LogP contribution in [0, 0.1) is 6.92 Å². The summed E-state index contributed by atoms with van der Waals surface area (Å²) >= 11 is 0. The van der Waals surface area contributed by atoms with E-state index >= 15 is 0 Å². The van der Waals surface area contributed by atoms with Crippen molar-refractivity contribution in [1.29, 1.82) is 0 Å². The third kappa shape index (κ3) is 3.45. The number of rotatable bonds is 6. The van der Waals surface area contributed by atoms with Gasteiger partial charge in [0.05, 0.1) is 11.7 Å². The van der Waals surface area contributed by atoms with Gasteiger partial charge in [0.1, 0.15) is 0 Å². The van der Waals surface area contributed by atoms with Crippen LogP contribution in [0.5, 0.6) is 0 Å². The molecule has 2 heterocycles. The van der Waals surface area contributed by atoms with Gasteiger partial charge in [-0.05, 0) is 37.5 Å². The second-order valence-corrected chi connectivity index (χ2v) is 5.30. The van der Waals surface area contributed by atoms with Gasteiger partial charge in [0, 0.05) is 30.6 Å². The zero-order valence-corrected chi connectivity index (χ0v) is 12.6. The van der Waals surface area contributed by atoms with Gasteiger partial charge >= 0.3 is 0 Å². The van der Waals surface area contributed by atoms with E-state index in [0.717, 1.165) is 36.2 Å². The first-order valence-electron chi connectivity index (χ1n) is 7.36. The van der Waals surface area contributed by atoms with Gasteiger partial charge in [0.2, 0.25) is 0 Å². The first-order valence-corrected chi connectivity index (χ1v) is 7.36. The molecule has 0 fully saturated rings. The highest BCUT2D eigenvalue weighted by atomic mass is 15.3. The van der Waals surface area contributed by atoms with Gasteiger partial charge in [0.25, 0.3) is 0 Å². The molecule has 2 aromatic rings. The van der Waals surface area contributed by atoms with E-state index in [2.05, 4.69) is 40.9 Å². The predicted molar refractivity (Wildman–Crippen MR) is 81.5 cm³/mol. The highest BCUT2D eigenvalue weighted by molar-refractivity contribution is 5.19. The SMILES string of the molecule is CCC(CC)n1ccc(CC(N)c2ccc(C)nc2)n1. The Morgan fingerprint density at radius 3 is 2.55 bits per heavy atom. The molecule has 0 radical (unpaired) electrons. The molecule has 0 bridgehead atoms. The Hall–Kier alpha value is -1.68. The number of pyridine rings is 1. The number of nitrogens with two attached hydrogens (primary N) is 1. The van der Waals surface area contributed by atoms with Crippen LogP contribution in [0.15, 0.2) is 30.6 Å². The normalized spacial score (nSPS) is 12.8. The average Bonchev–Trinajstić information content (AvgIpc) is 2.89. The lowest BCUT2D eigenvalue weighted by atomic mass is 10.0. The maximum absolute atomic E-state index is 6.24. The molecule has 2 rings (SSSR count). The molecule has 108 valence electrons. The van der Waals surface area contributed by atoms with E-state index in [0.29, 0.717) is 6.04 Å². The summed E-state index contributed by atoms with van der Waals surface area (Å²) < 4.78 is 2.06. The summed E-state index contributed by atoms with van der Waals surface area (Å²) in [5.41, 5.74) is 9.36. The molecule has 0 aromatic carbocycles. The first kappa shape index (κ1) is 14.7. The Morgan fingerprint density at radius 2 is 1.95 bits per heavy atom. The van der Waals surface area contributed by atoms with Crippen molar-refractivity contribution in [2.45, 2.75) is 52.1 Å². The number of aromatic nitrogens is 3. The Labute approximate surface area is 121 Å². The van der Waals surface area contributed by atoms with E-state index in [4.69, 9.17) is 5.73 Å². The molecule has 0 aliphatic carbocycles. The zero-order valence-electron chi connectivity index (χ0n) is 12.6. The minimum Gasteiger partial charge on any atom is -0.324 e. The van der Waals surface area contributed by atoms with Crippen molar-refractivity contribution in [3.63, 3.8) is 0 Å². The quantitative estimate of drug-likeness (QED) is 0.878. The second kappa shape index (κ2) is 6.66. The van der Waals surface area contributed by atoms with Crippen molar-refractivity contribution >= 4 is 0 Å². The van der Waals surface area contributed by atoms with Crippen molar-refractivity contribution in [2.24, 2.45) is 5.73 Å². The molecule has 0 amide bonds. The van der Waals surface area contributed by atoms with Crippen LogP contribution in [0.1, 0.15) is 55.7 Å². The van der Waals surface area contributed by atoms with Crippen LogP contribution >= 0.6 is 0 Å². The maximum atomic E-state index is 6.24. The van der Waals surface area contributed by atoms with Crippen molar-refractivity contribution < 1.29 is 0 Å². The fourth-order valence-corrected chi connectivity index (χ4v) is 2.39. The molecule has 1 unspecified atom stereocenters. The molecule has 4 nitrogen and oxygen atoms in total. The van der Waals surface area contributed by atoms with Gasteiger partial charge in [0.15, 0.2) is 0 Å². The van der Waals surface area contributed by atoms with E-state index in [9.17, 15) is 0 Å². The van der Waals surface area contributed by atoms with Gasteiger partial charge in [-0.25, -0.2) is 0 Å². The minimum atomic E-state index is -0.0480. The third-order valence-corrected chi connectivity index (χ3v) is 3.77. The van der Waals surface area contributed by atoms with Gasteiger partial charge < -0.3 is 5.73 Å². The van der Waals surface area contributed by atoms with Gasteiger partial charge in [-0.1, -0.05) is 19.9 Å². The smallest absolute Gasteiger partial charge is 0.0643 e. The lowest BCUT2D eigenvalue weighted by Gasteiger charge is -2.13. The molecule has 4 heteroatoms. The van der Waals surface area contributed by atoms with E-state index in [1.54, 1.807) is 0 Å². The van der Waals surface area contributed by atoms with Crippen molar-refractivity contribution in [2.75, 3.05) is 0 Å². The maximum Gasteiger partial charge on any atom is 0.0643 e. The number of aryl methyl sites for hydroxylation is 1. The van der Waals surface area contributed by atoms with Crippen LogP contribution in [0.25, 0.3) is 0 Å². The fraction of sp³-hybridized carbons (Fsp3) is 0.500. The summed E-state index contributed by atoms with van der Waals surface area (Å²) in [6.07, 6.45) is 6.87. The van der Waals surface area contributed by atoms with E-state index in [1.807, 2.05) is 25.3 Å². The molecule has 0 aliphatic rings. The van der Waals surface area contributed by atoms with Crippen LogP contribution in [0.4, 0.5) is 0 Å². The molecular formula is C16H24N4. The van der Waals surface area contributed by atoms with Crippen LogP contribution < -0.4 is 5.73 Å². The Bertz CT molecular complexity index is 526. The molecule has 2 N–H and O–H groups in total. The highest BCUT2D eigenvalue weighted by Gasteiger charge is 2.12. The fourth-order valence-electron chi connectivity index (χ4n) is 2.39. The van der Waals surface area contributed by atoms with Crippen molar-refractivity contribution in [3.8, 4) is 0 Å². The van der Waals surface area contributed by atoms with Crippen LogP contribution in [-0.2, 0) is 6.42 Å². The topological polar surface area (TPSA) is 56.7 Å².